The van der Waals surface area contributed by atoms with E-state index in [0.29, 0.717) is 17.3 Å². The van der Waals surface area contributed by atoms with Crippen LogP contribution in [-0.4, -0.2) is 24.5 Å². The minimum Gasteiger partial charge on any atom is -0.462 e. The molecule has 19 heavy (non-hydrogen) atoms. The van der Waals surface area contributed by atoms with Gasteiger partial charge in [0.1, 0.15) is 6.61 Å². The molecule has 0 spiro atoms. The van der Waals surface area contributed by atoms with Crippen molar-refractivity contribution in [3.63, 3.8) is 0 Å². The van der Waals surface area contributed by atoms with Crippen LogP contribution in [0, 0.1) is 6.92 Å². The molecule has 1 amide bonds. The Balaban J connectivity index is 1.78. The van der Waals surface area contributed by atoms with Gasteiger partial charge in [0.2, 0.25) is 5.91 Å². The zero-order valence-electron chi connectivity index (χ0n) is 10.9. The molecule has 0 heterocycles. The van der Waals surface area contributed by atoms with E-state index in [1.54, 1.807) is 25.1 Å². The minimum atomic E-state index is -0.420. The largest absolute Gasteiger partial charge is 0.462 e. The van der Waals surface area contributed by atoms with Gasteiger partial charge in [0.05, 0.1) is 12.0 Å². The number of hydrogen-bond acceptors (Lipinski definition) is 4. The van der Waals surface area contributed by atoms with Crippen LogP contribution in [0.3, 0.4) is 0 Å². The molecule has 1 aromatic rings. The number of anilines is 1. The number of benzene rings is 1. The monoisotopic (exact) mass is 262 g/mol. The fourth-order valence-electron chi connectivity index (χ4n) is 1.76. The van der Waals surface area contributed by atoms with Gasteiger partial charge in [-0.05, 0) is 43.5 Å². The molecule has 1 fully saturated rings. The van der Waals surface area contributed by atoms with E-state index in [9.17, 15) is 9.59 Å². The maximum Gasteiger partial charge on any atom is 0.338 e. The number of rotatable bonds is 5. The van der Waals surface area contributed by atoms with Crippen LogP contribution in [0.4, 0.5) is 5.69 Å². The molecule has 0 aromatic heterocycles. The first-order valence-corrected chi connectivity index (χ1v) is 6.39. The molecule has 3 N–H and O–H groups in total. The third-order valence-electron chi connectivity index (χ3n) is 2.98. The molecular formula is C14H18N2O3. The molecule has 0 aliphatic heterocycles. The summed E-state index contributed by atoms with van der Waals surface area (Å²) in [6.07, 6.45) is 2.31. The highest BCUT2D eigenvalue weighted by Crippen LogP contribution is 2.18. The van der Waals surface area contributed by atoms with Gasteiger partial charge in [-0.15, -0.1) is 0 Å². The Morgan fingerprint density at radius 2 is 2.16 bits per heavy atom. The second-order valence-corrected chi connectivity index (χ2v) is 4.80. The summed E-state index contributed by atoms with van der Waals surface area (Å²) in [5.74, 6) is -0.485. The minimum absolute atomic E-state index is 0.0654. The summed E-state index contributed by atoms with van der Waals surface area (Å²) in [7, 11) is 0. The highest BCUT2D eigenvalue weighted by atomic mass is 16.5. The molecule has 1 aliphatic rings. The van der Waals surface area contributed by atoms with E-state index < -0.39 is 5.97 Å². The van der Waals surface area contributed by atoms with Gasteiger partial charge < -0.3 is 15.8 Å². The topological polar surface area (TPSA) is 81.4 Å². The molecule has 5 nitrogen and oxygen atoms in total. The number of amides is 1. The van der Waals surface area contributed by atoms with Crippen molar-refractivity contribution in [1.29, 1.82) is 0 Å². The van der Waals surface area contributed by atoms with Crippen LogP contribution in [0.2, 0.25) is 0 Å². The van der Waals surface area contributed by atoms with Crippen LogP contribution in [0.5, 0.6) is 0 Å². The highest BCUT2D eigenvalue weighted by Gasteiger charge is 2.23. The first-order chi connectivity index (χ1) is 9.06. The van der Waals surface area contributed by atoms with Crippen molar-refractivity contribution in [3.8, 4) is 0 Å². The quantitative estimate of drug-likeness (QED) is 0.621. The van der Waals surface area contributed by atoms with Gasteiger partial charge in [0.15, 0.2) is 0 Å². The second-order valence-electron chi connectivity index (χ2n) is 4.80. The van der Waals surface area contributed by atoms with Crippen molar-refractivity contribution in [2.45, 2.75) is 32.2 Å². The van der Waals surface area contributed by atoms with Gasteiger partial charge in [-0.3, -0.25) is 4.79 Å². The van der Waals surface area contributed by atoms with Crippen molar-refractivity contribution in [1.82, 2.24) is 5.32 Å². The van der Waals surface area contributed by atoms with Gasteiger partial charge in [0.25, 0.3) is 0 Å². The fraction of sp³-hybridized carbons (Fsp3) is 0.429. The third-order valence-corrected chi connectivity index (χ3v) is 2.98. The highest BCUT2D eigenvalue weighted by molar-refractivity contribution is 5.91. The first kappa shape index (κ1) is 13.4. The fourth-order valence-corrected chi connectivity index (χ4v) is 1.76. The summed E-state index contributed by atoms with van der Waals surface area (Å²) in [5, 5.41) is 2.84. The van der Waals surface area contributed by atoms with Gasteiger partial charge in [-0.25, -0.2) is 4.79 Å². The van der Waals surface area contributed by atoms with E-state index in [-0.39, 0.29) is 18.9 Å². The number of nitrogens with two attached hydrogens (primary N) is 1. The zero-order chi connectivity index (χ0) is 13.8. The van der Waals surface area contributed by atoms with Crippen LogP contribution in [0.1, 0.15) is 35.2 Å². The van der Waals surface area contributed by atoms with Crippen molar-refractivity contribution >= 4 is 17.6 Å². The van der Waals surface area contributed by atoms with Crippen LogP contribution in [-0.2, 0) is 9.53 Å². The number of carbonyl (C=O) groups excluding carboxylic acids is 2. The SMILES string of the molecule is Cc1cc(N)ccc1C(=O)OCCC(=O)NC1CC1. The lowest BCUT2D eigenvalue weighted by Crippen LogP contribution is -2.26. The normalized spacial score (nSPS) is 13.9. The molecule has 1 aromatic carbocycles. The average Bonchev–Trinajstić information content (AvgIpc) is 3.12. The molecule has 5 heteroatoms. The molecule has 1 aliphatic carbocycles. The summed E-state index contributed by atoms with van der Waals surface area (Å²) >= 11 is 0. The Hall–Kier alpha value is -2.04. The van der Waals surface area contributed by atoms with E-state index in [1.165, 1.54) is 0 Å². The predicted molar refractivity (Wildman–Crippen MR) is 71.7 cm³/mol. The third kappa shape index (κ3) is 3.98. The van der Waals surface area contributed by atoms with E-state index in [4.69, 9.17) is 10.5 Å². The first-order valence-electron chi connectivity index (χ1n) is 6.39. The molecular weight excluding hydrogens is 244 g/mol. The average molecular weight is 262 g/mol. The van der Waals surface area contributed by atoms with E-state index in [1.807, 2.05) is 0 Å². The van der Waals surface area contributed by atoms with Crippen LogP contribution >= 0.6 is 0 Å². The van der Waals surface area contributed by atoms with E-state index in [2.05, 4.69) is 5.32 Å². The Morgan fingerprint density at radius 1 is 1.42 bits per heavy atom. The lowest BCUT2D eigenvalue weighted by molar-refractivity contribution is -0.121. The number of esters is 1. The second kappa shape index (κ2) is 5.73. The summed E-state index contributed by atoms with van der Waals surface area (Å²) in [6.45, 7) is 1.90. The Morgan fingerprint density at radius 3 is 2.79 bits per heavy atom. The standard InChI is InChI=1S/C14H18N2O3/c1-9-8-10(15)2-5-12(9)14(18)19-7-6-13(17)16-11-3-4-11/h2,5,8,11H,3-4,6-7,15H2,1H3,(H,16,17). The van der Waals surface area contributed by atoms with Crippen LogP contribution in [0.15, 0.2) is 18.2 Å². The summed E-state index contributed by atoms with van der Waals surface area (Å²) in [6, 6.07) is 5.35. The lowest BCUT2D eigenvalue weighted by atomic mass is 10.1. The smallest absolute Gasteiger partial charge is 0.338 e. The van der Waals surface area contributed by atoms with Crippen LogP contribution in [0.25, 0.3) is 0 Å². The Kier molecular flexibility index (Phi) is 4.04. The maximum atomic E-state index is 11.8. The molecule has 2 rings (SSSR count). The molecule has 0 saturated heterocycles. The van der Waals surface area contributed by atoms with E-state index >= 15 is 0 Å². The summed E-state index contributed by atoms with van der Waals surface area (Å²) in [4.78, 5) is 23.2. The molecule has 0 bridgehead atoms. The molecule has 1 saturated carbocycles. The lowest BCUT2D eigenvalue weighted by Gasteiger charge is -2.08. The maximum absolute atomic E-state index is 11.8. The van der Waals surface area contributed by atoms with E-state index in [0.717, 1.165) is 18.4 Å². The molecule has 0 atom stereocenters. The summed E-state index contributed by atoms with van der Waals surface area (Å²) < 4.78 is 5.08. The van der Waals surface area contributed by atoms with Crippen molar-refractivity contribution in [2.24, 2.45) is 0 Å². The zero-order valence-corrected chi connectivity index (χ0v) is 10.9. The Bertz CT molecular complexity index is 495. The van der Waals surface area contributed by atoms with Crippen molar-refractivity contribution < 1.29 is 14.3 Å². The van der Waals surface area contributed by atoms with Crippen molar-refractivity contribution in [2.75, 3.05) is 12.3 Å². The number of hydrogen-bond donors (Lipinski definition) is 2. The van der Waals surface area contributed by atoms with Gasteiger partial charge >= 0.3 is 5.97 Å². The van der Waals surface area contributed by atoms with Crippen LogP contribution < -0.4 is 11.1 Å². The van der Waals surface area contributed by atoms with Gasteiger partial charge in [-0.1, -0.05) is 0 Å². The number of ether oxygens (including phenoxy) is 1. The molecule has 102 valence electrons. The number of nitrogen functional groups attached to an aromatic ring is 1. The number of nitrogens with one attached hydrogen (secondary N) is 1. The number of aryl methyl sites for hydroxylation is 1. The number of carbonyl (C=O) groups is 2. The van der Waals surface area contributed by atoms with Crippen molar-refractivity contribution in [3.05, 3.63) is 29.3 Å². The predicted octanol–water partition coefficient (Wildman–Crippen LogP) is 1.40. The van der Waals surface area contributed by atoms with Gasteiger partial charge in [-0.2, -0.15) is 0 Å². The Labute approximate surface area is 112 Å². The summed E-state index contributed by atoms with van der Waals surface area (Å²) in [5.41, 5.74) is 7.48. The van der Waals surface area contributed by atoms with Gasteiger partial charge in [0, 0.05) is 11.7 Å². The molecule has 0 radical (unpaired) electrons. The molecule has 0 unspecified atom stereocenters.